The fourth-order valence-electron chi connectivity index (χ4n) is 4.83. The van der Waals surface area contributed by atoms with Gasteiger partial charge in [0.2, 0.25) is 11.6 Å². The molecule has 0 aromatic heterocycles. The lowest BCUT2D eigenvalue weighted by Gasteiger charge is -2.33. The average molecular weight is 493 g/mol. The van der Waals surface area contributed by atoms with Crippen LogP contribution in [-0.2, 0) is 20.9 Å². The molecule has 0 N–H and O–H groups in total. The smallest absolute Gasteiger partial charge is 0.223 e. The summed E-state index contributed by atoms with van der Waals surface area (Å²) in [7, 11) is 8.02. The van der Waals surface area contributed by atoms with Crippen LogP contribution >= 0.6 is 0 Å². The monoisotopic (exact) mass is 492 g/mol. The molecule has 1 fully saturated rings. The van der Waals surface area contributed by atoms with Gasteiger partial charge in [-0.15, -0.1) is 0 Å². The van der Waals surface area contributed by atoms with Gasteiger partial charge in [-0.05, 0) is 29.8 Å². The molecule has 1 atom stereocenters. The molecule has 5 rings (SSSR count). The van der Waals surface area contributed by atoms with Gasteiger partial charge >= 0.3 is 0 Å². The van der Waals surface area contributed by atoms with Gasteiger partial charge in [0.15, 0.2) is 5.60 Å². The first-order chi connectivity index (χ1) is 17.9. The van der Waals surface area contributed by atoms with Crippen LogP contribution in [0.1, 0.15) is 27.0 Å². The van der Waals surface area contributed by atoms with Crippen LogP contribution in [0.25, 0.3) is 0 Å². The second kappa shape index (κ2) is 9.85. The summed E-state index contributed by atoms with van der Waals surface area (Å²) in [5.41, 5.74) is 3.81. The van der Waals surface area contributed by atoms with E-state index in [-0.39, 0.29) is 12.4 Å². The Labute approximate surface area is 218 Å². The van der Waals surface area contributed by atoms with Crippen LogP contribution in [0.3, 0.4) is 0 Å². The van der Waals surface area contributed by atoms with Gasteiger partial charge in [0.05, 0.1) is 6.61 Å². The van der Waals surface area contributed by atoms with E-state index >= 15 is 0 Å². The fourth-order valence-corrected chi connectivity index (χ4v) is 4.83. The Morgan fingerprint density at radius 3 is 1.54 bits per heavy atom. The summed E-state index contributed by atoms with van der Waals surface area (Å²) in [5.74, 6) is -1.40. The van der Waals surface area contributed by atoms with Crippen LogP contribution in [-0.4, -0.2) is 40.6 Å². The van der Waals surface area contributed by atoms with Crippen molar-refractivity contribution in [3.63, 3.8) is 0 Å². The van der Waals surface area contributed by atoms with E-state index in [1.807, 2.05) is 147 Å². The quantitative estimate of drug-likeness (QED) is 0.303. The summed E-state index contributed by atoms with van der Waals surface area (Å²) >= 11 is 0. The number of ketones is 1. The molecule has 0 radical (unpaired) electrons. The number of nitrogens with zero attached hydrogens (tertiary/aromatic N) is 2. The zero-order valence-corrected chi connectivity index (χ0v) is 21.7. The van der Waals surface area contributed by atoms with Crippen molar-refractivity contribution in [2.24, 2.45) is 0 Å². The normalized spacial score (nSPS) is 18.4. The highest BCUT2D eigenvalue weighted by molar-refractivity contribution is 6.03. The molecule has 37 heavy (non-hydrogen) atoms. The van der Waals surface area contributed by atoms with Crippen molar-refractivity contribution in [3.8, 4) is 0 Å². The topological polar surface area (TPSA) is 42.0 Å². The van der Waals surface area contributed by atoms with Crippen molar-refractivity contribution in [3.05, 3.63) is 131 Å². The summed E-state index contributed by atoms with van der Waals surface area (Å²) in [6, 6.07) is 35.2. The number of carbonyl (C=O) groups is 1. The van der Waals surface area contributed by atoms with Gasteiger partial charge in [0.25, 0.3) is 0 Å². The zero-order valence-electron chi connectivity index (χ0n) is 21.7. The number of ether oxygens (including phenoxy) is 2. The third kappa shape index (κ3) is 4.41. The predicted octanol–water partition coefficient (Wildman–Crippen LogP) is 5.84. The Balaban J connectivity index is 1.68. The molecule has 1 aliphatic rings. The molecule has 5 heteroatoms. The molecule has 0 spiro atoms. The summed E-state index contributed by atoms with van der Waals surface area (Å²) in [6.45, 7) is 0.0790. The highest BCUT2D eigenvalue weighted by Crippen LogP contribution is 2.50. The van der Waals surface area contributed by atoms with E-state index in [0.29, 0.717) is 5.56 Å². The number of rotatable bonds is 7. The van der Waals surface area contributed by atoms with Crippen molar-refractivity contribution in [2.45, 2.75) is 11.4 Å². The second-order valence-electron chi connectivity index (χ2n) is 9.78. The first-order valence-corrected chi connectivity index (χ1v) is 12.4. The highest BCUT2D eigenvalue weighted by atomic mass is 16.8. The molecule has 0 saturated carbocycles. The Kier molecular flexibility index (Phi) is 6.59. The molecule has 4 aromatic carbocycles. The number of Topliss-reactive ketones (excluding diaryl/α,β-unsaturated/α-hetero) is 1. The molecule has 5 nitrogen and oxygen atoms in total. The van der Waals surface area contributed by atoms with Crippen molar-refractivity contribution in [1.29, 1.82) is 0 Å². The second-order valence-corrected chi connectivity index (χ2v) is 9.78. The standard InChI is InChI=1S/C32H32N2O3/c1-33(2)28-19-15-26(16-20-28)32(27-17-21-29(22-18-27)34(3)4)36-23-31(37-32,25-13-9-6-10-14-25)30(35)24-11-7-5-8-12-24/h5-22H,23H2,1-4H3. The van der Waals surface area contributed by atoms with E-state index in [2.05, 4.69) is 0 Å². The minimum absolute atomic E-state index is 0.0790. The summed E-state index contributed by atoms with van der Waals surface area (Å²) in [5, 5.41) is 0. The molecule has 1 unspecified atom stereocenters. The summed E-state index contributed by atoms with van der Waals surface area (Å²) in [4.78, 5) is 18.3. The van der Waals surface area contributed by atoms with Gasteiger partial charge in [0.1, 0.15) is 0 Å². The van der Waals surface area contributed by atoms with E-state index in [0.717, 1.165) is 28.1 Å². The minimum Gasteiger partial charge on any atom is -0.378 e. The Hall–Kier alpha value is -3.93. The van der Waals surface area contributed by atoms with Crippen LogP contribution in [0, 0.1) is 0 Å². The number of carbonyl (C=O) groups excluding carboxylic acids is 1. The summed E-state index contributed by atoms with van der Waals surface area (Å²) in [6.07, 6.45) is 0. The van der Waals surface area contributed by atoms with Gasteiger partial charge in [-0.1, -0.05) is 84.9 Å². The third-order valence-electron chi connectivity index (χ3n) is 6.97. The van der Waals surface area contributed by atoms with Crippen LogP contribution in [0.2, 0.25) is 0 Å². The van der Waals surface area contributed by atoms with E-state index < -0.39 is 11.4 Å². The van der Waals surface area contributed by atoms with Crippen LogP contribution in [0.5, 0.6) is 0 Å². The first kappa shape index (κ1) is 24.8. The van der Waals surface area contributed by atoms with E-state index in [4.69, 9.17) is 9.47 Å². The van der Waals surface area contributed by atoms with Crippen molar-refractivity contribution in [1.82, 2.24) is 0 Å². The lowest BCUT2D eigenvalue weighted by molar-refractivity contribution is -0.157. The molecular weight excluding hydrogens is 460 g/mol. The zero-order chi connectivity index (χ0) is 26.0. The molecule has 0 bridgehead atoms. The first-order valence-electron chi connectivity index (χ1n) is 12.4. The Bertz CT molecular complexity index is 1300. The van der Waals surface area contributed by atoms with E-state index in [1.54, 1.807) is 0 Å². The molecule has 0 aliphatic carbocycles. The van der Waals surface area contributed by atoms with Gasteiger partial charge in [-0.2, -0.15) is 0 Å². The van der Waals surface area contributed by atoms with Gasteiger partial charge in [0, 0.05) is 56.3 Å². The SMILES string of the molecule is CN(C)c1ccc(C2(c3ccc(N(C)C)cc3)OCC(C(=O)c3ccccc3)(c3ccccc3)O2)cc1. The lowest BCUT2D eigenvalue weighted by atomic mass is 9.86. The third-order valence-corrected chi connectivity index (χ3v) is 6.97. The summed E-state index contributed by atoms with van der Waals surface area (Å²) < 4.78 is 13.7. The average Bonchev–Trinajstić information content (AvgIpc) is 3.37. The van der Waals surface area contributed by atoms with Gasteiger partial charge < -0.3 is 19.3 Å². The molecule has 1 saturated heterocycles. The molecular formula is C32H32N2O3. The van der Waals surface area contributed by atoms with Crippen molar-refractivity contribution < 1.29 is 14.3 Å². The lowest BCUT2D eigenvalue weighted by Crippen LogP contribution is -2.41. The molecule has 4 aromatic rings. The number of hydrogen-bond acceptors (Lipinski definition) is 5. The van der Waals surface area contributed by atoms with Crippen molar-refractivity contribution >= 4 is 17.2 Å². The van der Waals surface area contributed by atoms with Crippen LogP contribution < -0.4 is 9.80 Å². The van der Waals surface area contributed by atoms with E-state index in [9.17, 15) is 4.79 Å². The van der Waals surface area contributed by atoms with Crippen LogP contribution in [0.15, 0.2) is 109 Å². The number of hydrogen-bond donors (Lipinski definition) is 0. The van der Waals surface area contributed by atoms with Gasteiger partial charge in [-0.3, -0.25) is 4.79 Å². The molecule has 188 valence electrons. The Morgan fingerprint density at radius 2 is 1.08 bits per heavy atom. The van der Waals surface area contributed by atoms with Crippen molar-refractivity contribution in [2.75, 3.05) is 44.6 Å². The maximum Gasteiger partial charge on any atom is 0.223 e. The van der Waals surface area contributed by atoms with Crippen LogP contribution in [0.4, 0.5) is 11.4 Å². The maximum atomic E-state index is 14.2. The predicted molar refractivity (Wildman–Crippen MR) is 148 cm³/mol. The van der Waals surface area contributed by atoms with Gasteiger partial charge in [-0.25, -0.2) is 0 Å². The Morgan fingerprint density at radius 1 is 0.622 bits per heavy atom. The molecule has 1 aliphatic heterocycles. The molecule has 0 amide bonds. The highest BCUT2D eigenvalue weighted by Gasteiger charge is 2.57. The molecule has 1 heterocycles. The number of benzene rings is 4. The van der Waals surface area contributed by atoms with E-state index in [1.165, 1.54) is 0 Å². The number of anilines is 2. The largest absolute Gasteiger partial charge is 0.378 e. The minimum atomic E-state index is -1.32. The maximum absolute atomic E-state index is 14.2. The fraction of sp³-hybridized carbons (Fsp3) is 0.219.